The van der Waals surface area contributed by atoms with E-state index in [0.29, 0.717) is 47.2 Å². The second kappa shape index (κ2) is 13.0. The third-order valence-corrected chi connectivity index (χ3v) is 6.70. The van der Waals surface area contributed by atoms with E-state index in [0.717, 1.165) is 38.4 Å². The SMILES string of the molecule is COc1c(OCC2CCNCC2)ccc2c(Oc3ccc(NC(=O)C(=O)NCCC(C)(C)C)cc3F)ccnc12. The number of piperidine rings is 1. The van der Waals surface area contributed by atoms with Gasteiger partial charge in [0.15, 0.2) is 23.1 Å². The van der Waals surface area contributed by atoms with Crippen molar-refractivity contribution in [2.45, 2.75) is 40.0 Å². The van der Waals surface area contributed by atoms with Gasteiger partial charge in [-0.05, 0) is 74.0 Å². The maximum Gasteiger partial charge on any atom is 0.313 e. The van der Waals surface area contributed by atoms with Crippen LogP contribution in [-0.2, 0) is 9.59 Å². The summed E-state index contributed by atoms with van der Waals surface area (Å²) in [6.45, 7) is 9.06. The number of pyridine rings is 1. The first kappa shape index (κ1) is 29.1. The summed E-state index contributed by atoms with van der Waals surface area (Å²) in [6, 6.07) is 9.21. The molecule has 0 spiro atoms. The zero-order valence-corrected chi connectivity index (χ0v) is 23.4. The number of aromatic nitrogens is 1. The Kier molecular flexibility index (Phi) is 9.42. The molecule has 1 fully saturated rings. The minimum Gasteiger partial charge on any atom is -0.491 e. The predicted octanol–water partition coefficient (Wildman–Crippen LogP) is 5.04. The number of benzene rings is 2. The Morgan fingerprint density at radius 1 is 1.05 bits per heavy atom. The minimum atomic E-state index is -0.868. The summed E-state index contributed by atoms with van der Waals surface area (Å²) in [4.78, 5) is 28.8. The lowest BCUT2D eigenvalue weighted by atomic mass is 9.92. The molecule has 1 aliphatic rings. The molecule has 10 heteroatoms. The first-order valence-corrected chi connectivity index (χ1v) is 13.5. The molecule has 0 aliphatic carbocycles. The molecule has 1 aliphatic heterocycles. The van der Waals surface area contributed by atoms with E-state index in [2.05, 4.69) is 20.9 Å². The van der Waals surface area contributed by atoms with Crippen molar-refractivity contribution in [1.82, 2.24) is 15.6 Å². The van der Waals surface area contributed by atoms with Crippen LogP contribution in [0, 0.1) is 17.2 Å². The first-order valence-electron chi connectivity index (χ1n) is 13.5. The molecule has 2 heterocycles. The number of anilines is 1. The molecule has 3 N–H and O–H groups in total. The lowest BCUT2D eigenvalue weighted by molar-refractivity contribution is -0.136. The largest absolute Gasteiger partial charge is 0.491 e. The Morgan fingerprint density at radius 3 is 2.50 bits per heavy atom. The number of methoxy groups -OCH3 is 1. The van der Waals surface area contributed by atoms with Crippen LogP contribution in [0.4, 0.5) is 10.1 Å². The van der Waals surface area contributed by atoms with Crippen LogP contribution in [0.3, 0.4) is 0 Å². The van der Waals surface area contributed by atoms with E-state index in [1.54, 1.807) is 25.4 Å². The highest BCUT2D eigenvalue weighted by atomic mass is 19.1. The molecule has 3 aromatic rings. The molecule has 1 aromatic heterocycles. The Balaban J connectivity index is 1.44. The van der Waals surface area contributed by atoms with E-state index in [1.165, 1.54) is 12.1 Å². The molecular weight excluding hydrogens is 515 g/mol. The van der Waals surface area contributed by atoms with Gasteiger partial charge in [-0.1, -0.05) is 20.8 Å². The number of carbonyl (C=O) groups is 2. The van der Waals surface area contributed by atoms with Gasteiger partial charge >= 0.3 is 11.8 Å². The Labute approximate surface area is 233 Å². The highest BCUT2D eigenvalue weighted by Gasteiger charge is 2.20. The van der Waals surface area contributed by atoms with E-state index in [-0.39, 0.29) is 16.9 Å². The van der Waals surface area contributed by atoms with Crippen LogP contribution in [0.25, 0.3) is 10.9 Å². The summed E-state index contributed by atoms with van der Waals surface area (Å²) in [5, 5.41) is 8.97. The van der Waals surface area contributed by atoms with Crippen molar-refractivity contribution >= 4 is 28.4 Å². The first-order chi connectivity index (χ1) is 19.1. The number of ether oxygens (including phenoxy) is 3. The van der Waals surface area contributed by atoms with Crippen LogP contribution >= 0.6 is 0 Å². The standard InChI is InChI=1S/C30H37FN4O5/c1-30(2,3)12-16-34-28(36)29(37)35-20-5-7-24(22(31)17-20)40-23-11-15-33-26-21(23)6-8-25(27(26)38-4)39-18-19-9-13-32-14-10-19/h5-8,11,15,17,19,32H,9-10,12-14,16,18H2,1-4H3,(H,34,36)(H,35,37). The summed E-state index contributed by atoms with van der Waals surface area (Å²) in [5.41, 5.74) is 0.693. The maximum atomic E-state index is 15.0. The number of fused-ring (bicyclic) bond motifs is 1. The van der Waals surface area contributed by atoms with Crippen molar-refractivity contribution < 1.29 is 28.2 Å². The normalized spacial score (nSPS) is 14.0. The number of rotatable bonds is 9. The van der Waals surface area contributed by atoms with Gasteiger partial charge in [-0.2, -0.15) is 0 Å². The Hall–Kier alpha value is -3.92. The summed E-state index contributed by atoms with van der Waals surface area (Å²) in [7, 11) is 1.55. The van der Waals surface area contributed by atoms with Crippen LogP contribution in [0.5, 0.6) is 23.0 Å². The topological polar surface area (TPSA) is 111 Å². The highest BCUT2D eigenvalue weighted by Crippen LogP contribution is 2.40. The van der Waals surface area contributed by atoms with Crippen molar-refractivity contribution in [3.8, 4) is 23.0 Å². The summed E-state index contributed by atoms with van der Waals surface area (Å²) in [5.74, 6) is -0.475. The lowest BCUT2D eigenvalue weighted by Crippen LogP contribution is -2.36. The number of carbonyl (C=O) groups excluding carboxylic acids is 2. The third-order valence-electron chi connectivity index (χ3n) is 6.70. The van der Waals surface area contributed by atoms with Gasteiger partial charge in [0.05, 0.1) is 13.7 Å². The van der Waals surface area contributed by atoms with Crippen LogP contribution in [0.15, 0.2) is 42.6 Å². The average Bonchev–Trinajstić information content (AvgIpc) is 2.92. The number of amides is 2. The quantitative estimate of drug-likeness (QED) is 0.319. The molecule has 0 unspecified atom stereocenters. The molecule has 0 radical (unpaired) electrons. The van der Waals surface area contributed by atoms with Gasteiger partial charge in [-0.15, -0.1) is 0 Å². The zero-order chi connectivity index (χ0) is 28.7. The lowest BCUT2D eigenvalue weighted by Gasteiger charge is -2.23. The molecule has 4 rings (SSSR count). The third kappa shape index (κ3) is 7.59. The van der Waals surface area contributed by atoms with Crippen molar-refractivity contribution in [3.05, 3.63) is 48.4 Å². The van der Waals surface area contributed by atoms with Gasteiger partial charge in [0.2, 0.25) is 0 Å². The molecule has 40 heavy (non-hydrogen) atoms. The number of halogens is 1. The number of nitrogens with zero attached hydrogens (tertiary/aromatic N) is 1. The van der Waals surface area contributed by atoms with Crippen LogP contribution < -0.4 is 30.2 Å². The summed E-state index contributed by atoms with van der Waals surface area (Å²) in [6.07, 6.45) is 4.39. The fourth-order valence-corrected chi connectivity index (χ4v) is 4.40. The van der Waals surface area contributed by atoms with Gasteiger partial charge in [0, 0.05) is 29.9 Å². The molecule has 0 atom stereocenters. The van der Waals surface area contributed by atoms with Gasteiger partial charge in [-0.3, -0.25) is 14.6 Å². The molecule has 0 bridgehead atoms. The van der Waals surface area contributed by atoms with E-state index in [1.807, 2.05) is 26.8 Å². The minimum absolute atomic E-state index is 0.0245. The van der Waals surface area contributed by atoms with Gasteiger partial charge in [0.1, 0.15) is 11.3 Å². The monoisotopic (exact) mass is 552 g/mol. The number of nitrogens with one attached hydrogen (secondary N) is 3. The van der Waals surface area contributed by atoms with E-state index >= 15 is 0 Å². The zero-order valence-electron chi connectivity index (χ0n) is 23.4. The molecule has 9 nitrogen and oxygen atoms in total. The second-order valence-corrected chi connectivity index (χ2v) is 11.1. The molecule has 2 amide bonds. The van der Waals surface area contributed by atoms with Crippen LogP contribution in [-0.4, -0.2) is 50.1 Å². The van der Waals surface area contributed by atoms with Crippen molar-refractivity contribution in [2.75, 3.05) is 38.7 Å². The highest BCUT2D eigenvalue weighted by molar-refractivity contribution is 6.39. The Morgan fingerprint density at radius 2 is 1.80 bits per heavy atom. The van der Waals surface area contributed by atoms with Crippen molar-refractivity contribution in [2.24, 2.45) is 11.3 Å². The van der Waals surface area contributed by atoms with Crippen LogP contribution in [0.1, 0.15) is 40.0 Å². The number of hydrogen-bond donors (Lipinski definition) is 3. The second-order valence-electron chi connectivity index (χ2n) is 11.1. The van der Waals surface area contributed by atoms with Crippen LogP contribution in [0.2, 0.25) is 0 Å². The molecule has 2 aromatic carbocycles. The molecule has 214 valence electrons. The van der Waals surface area contributed by atoms with Crippen molar-refractivity contribution in [1.29, 1.82) is 0 Å². The predicted molar refractivity (Wildman–Crippen MR) is 152 cm³/mol. The molecule has 0 saturated carbocycles. The molecular formula is C30H37FN4O5. The van der Waals surface area contributed by atoms with Gasteiger partial charge < -0.3 is 30.2 Å². The summed E-state index contributed by atoms with van der Waals surface area (Å²) < 4.78 is 32.6. The van der Waals surface area contributed by atoms with Gasteiger partial charge in [0.25, 0.3) is 0 Å². The Bertz CT molecular complexity index is 1350. The number of hydrogen-bond acceptors (Lipinski definition) is 7. The van der Waals surface area contributed by atoms with E-state index in [9.17, 15) is 14.0 Å². The van der Waals surface area contributed by atoms with Gasteiger partial charge in [-0.25, -0.2) is 4.39 Å². The fourth-order valence-electron chi connectivity index (χ4n) is 4.40. The van der Waals surface area contributed by atoms with E-state index in [4.69, 9.17) is 14.2 Å². The smallest absolute Gasteiger partial charge is 0.313 e. The maximum absolute atomic E-state index is 15.0. The summed E-state index contributed by atoms with van der Waals surface area (Å²) >= 11 is 0. The fraction of sp³-hybridized carbons (Fsp3) is 0.433. The van der Waals surface area contributed by atoms with E-state index < -0.39 is 17.6 Å². The van der Waals surface area contributed by atoms with Crippen molar-refractivity contribution in [3.63, 3.8) is 0 Å². The molecule has 1 saturated heterocycles. The average molecular weight is 553 g/mol.